The maximum Gasteiger partial charge on any atom is 0.145 e. The van der Waals surface area contributed by atoms with Crippen LogP contribution in [0.5, 0.6) is 0 Å². The molecule has 0 aliphatic heterocycles. The Morgan fingerprint density at radius 1 is 1.29 bits per heavy atom. The second kappa shape index (κ2) is 6.52. The van der Waals surface area contributed by atoms with Crippen LogP contribution in [0.15, 0.2) is 12.2 Å². The van der Waals surface area contributed by atoms with Crippen molar-refractivity contribution in [2.45, 2.75) is 46.5 Å². The second-order valence-corrected chi connectivity index (χ2v) is 3.73. The Morgan fingerprint density at radius 2 is 1.93 bits per heavy atom. The zero-order valence-electron chi connectivity index (χ0n) is 9.38. The maximum absolute atomic E-state index is 11.5. The largest absolute Gasteiger partial charge is 0.302 e. The van der Waals surface area contributed by atoms with E-state index in [9.17, 15) is 9.59 Å². The number of carbonyl (C=O) groups is 2. The lowest BCUT2D eigenvalue weighted by Gasteiger charge is -2.19. The van der Waals surface area contributed by atoms with E-state index >= 15 is 0 Å². The van der Waals surface area contributed by atoms with E-state index < -0.39 is 5.41 Å². The topological polar surface area (TPSA) is 34.1 Å². The summed E-state index contributed by atoms with van der Waals surface area (Å²) in [5.41, 5.74) is -0.771. The first kappa shape index (κ1) is 13.1. The van der Waals surface area contributed by atoms with Crippen LogP contribution in [0, 0.1) is 5.41 Å². The molecule has 0 radical (unpaired) electrons. The summed E-state index contributed by atoms with van der Waals surface area (Å²) in [5, 5.41) is 0. The van der Waals surface area contributed by atoms with E-state index in [4.69, 9.17) is 0 Å². The summed E-state index contributed by atoms with van der Waals surface area (Å²) >= 11 is 0. The third-order valence-corrected chi connectivity index (χ3v) is 2.45. The van der Waals surface area contributed by atoms with Crippen LogP contribution in [-0.2, 0) is 9.59 Å². The number of allylic oxidation sites excluding steroid dienone is 2. The molecule has 0 saturated carbocycles. The standard InChI is InChI=1S/C12H20O2/c1-4-6-7-8-9-12(3,10-13)11(14)5-2/h6-7,10H,4-5,8-9H2,1-3H3/b7-6-. The third-order valence-electron chi connectivity index (χ3n) is 2.45. The van der Waals surface area contributed by atoms with Crippen molar-refractivity contribution in [2.75, 3.05) is 0 Å². The predicted molar refractivity (Wildman–Crippen MR) is 58.1 cm³/mol. The van der Waals surface area contributed by atoms with Crippen molar-refractivity contribution in [3.63, 3.8) is 0 Å². The van der Waals surface area contributed by atoms with Crippen molar-refractivity contribution in [3.05, 3.63) is 12.2 Å². The van der Waals surface area contributed by atoms with E-state index in [2.05, 4.69) is 13.0 Å². The van der Waals surface area contributed by atoms with E-state index in [1.54, 1.807) is 13.8 Å². The molecule has 0 aromatic heterocycles. The highest BCUT2D eigenvalue weighted by Crippen LogP contribution is 2.23. The van der Waals surface area contributed by atoms with Gasteiger partial charge in [-0.25, -0.2) is 0 Å². The monoisotopic (exact) mass is 196 g/mol. The number of rotatable bonds is 7. The summed E-state index contributed by atoms with van der Waals surface area (Å²) < 4.78 is 0. The highest BCUT2D eigenvalue weighted by atomic mass is 16.1. The Labute approximate surface area is 86.4 Å². The molecule has 0 aliphatic rings. The molecule has 0 bridgehead atoms. The number of ketones is 1. The van der Waals surface area contributed by atoms with Gasteiger partial charge < -0.3 is 4.79 Å². The lowest BCUT2D eigenvalue weighted by Crippen LogP contribution is -2.28. The molecule has 2 nitrogen and oxygen atoms in total. The normalized spacial score (nSPS) is 15.4. The fraction of sp³-hybridized carbons (Fsp3) is 0.667. The summed E-state index contributed by atoms with van der Waals surface area (Å²) in [6.07, 6.45) is 7.74. The molecule has 1 atom stereocenters. The van der Waals surface area contributed by atoms with Crippen LogP contribution in [0.2, 0.25) is 0 Å². The molecule has 0 saturated heterocycles. The van der Waals surface area contributed by atoms with Crippen LogP contribution in [0.25, 0.3) is 0 Å². The molecule has 0 rings (SSSR count). The smallest absolute Gasteiger partial charge is 0.145 e. The lowest BCUT2D eigenvalue weighted by atomic mass is 9.81. The zero-order valence-corrected chi connectivity index (χ0v) is 9.38. The highest BCUT2D eigenvalue weighted by molar-refractivity contribution is 5.97. The highest BCUT2D eigenvalue weighted by Gasteiger charge is 2.29. The molecular formula is C12H20O2. The van der Waals surface area contributed by atoms with Gasteiger partial charge in [0.25, 0.3) is 0 Å². The van der Waals surface area contributed by atoms with Crippen molar-refractivity contribution in [1.82, 2.24) is 0 Å². The van der Waals surface area contributed by atoms with Gasteiger partial charge in [0.05, 0.1) is 5.41 Å². The van der Waals surface area contributed by atoms with Crippen LogP contribution < -0.4 is 0 Å². The van der Waals surface area contributed by atoms with E-state index in [-0.39, 0.29) is 5.78 Å². The number of hydrogen-bond acceptors (Lipinski definition) is 2. The van der Waals surface area contributed by atoms with Gasteiger partial charge in [0, 0.05) is 6.42 Å². The van der Waals surface area contributed by atoms with Crippen LogP contribution in [0.4, 0.5) is 0 Å². The third kappa shape index (κ3) is 3.86. The molecule has 1 unspecified atom stereocenters. The first-order valence-electron chi connectivity index (χ1n) is 5.25. The Balaban J connectivity index is 4.19. The van der Waals surface area contributed by atoms with Gasteiger partial charge in [0.1, 0.15) is 12.1 Å². The van der Waals surface area contributed by atoms with Crippen molar-refractivity contribution < 1.29 is 9.59 Å². The molecule has 2 heteroatoms. The first-order valence-corrected chi connectivity index (χ1v) is 5.25. The van der Waals surface area contributed by atoms with Gasteiger partial charge in [-0.2, -0.15) is 0 Å². The Bertz CT molecular complexity index is 218. The molecular weight excluding hydrogens is 176 g/mol. The van der Waals surface area contributed by atoms with Crippen molar-refractivity contribution in [2.24, 2.45) is 5.41 Å². The summed E-state index contributed by atoms with van der Waals surface area (Å²) in [5.74, 6) is 0.0393. The molecule has 80 valence electrons. The molecule has 0 N–H and O–H groups in total. The van der Waals surface area contributed by atoms with E-state index in [1.165, 1.54) is 0 Å². The molecule has 14 heavy (non-hydrogen) atoms. The van der Waals surface area contributed by atoms with Crippen molar-refractivity contribution in [3.8, 4) is 0 Å². The fourth-order valence-corrected chi connectivity index (χ4v) is 1.34. The van der Waals surface area contributed by atoms with Gasteiger partial charge in [-0.05, 0) is 26.2 Å². The van der Waals surface area contributed by atoms with E-state index in [0.717, 1.165) is 19.1 Å². The van der Waals surface area contributed by atoms with Crippen LogP contribution in [0.3, 0.4) is 0 Å². The summed E-state index contributed by atoms with van der Waals surface area (Å²) in [7, 11) is 0. The van der Waals surface area contributed by atoms with Gasteiger partial charge in [0.15, 0.2) is 0 Å². The minimum atomic E-state index is -0.771. The van der Waals surface area contributed by atoms with Gasteiger partial charge in [-0.3, -0.25) is 4.79 Å². The van der Waals surface area contributed by atoms with Gasteiger partial charge in [-0.1, -0.05) is 26.0 Å². The van der Waals surface area contributed by atoms with Crippen LogP contribution in [-0.4, -0.2) is 12.1 Å². The fourth-order valence-electron chi connectivity index (χ4n) is 1.34. The number of aldehydes is 1. The first-order chi connectivity index (χ1) is 6.60. The quantitative estimate of drug-likeness (QED) is 0.356. The summed E-state index contributed by atoms with van der Waals surface area (Å²) in [6, 6.07) is 0. The van der Waals surface area contributed by atoms with Crippen LogP contribution >= 0.6 is 0 Å². The van der Waals surface area contributed by atoms with Crippen molar-refractivity contribution in [1.29, 1.82) is 0 Å². The predicted octanol–water partition coefficient (Wildman–Crippen LogP) is 2.92. The average molecular weight is 196 g/mol. The number of Topliss-reactive ketones (excluding diaryl/α,β-unsaturated/α-hetero) is 1. The van der Waals surface area contributed by atoms with Gasteiger partial charge >= 0.3 is 0 Å². The van der Waals surface area contributed by atoms with Gasteiger partial charge in [-0.15, -0.1) is 0 Å². The molecule has 0 heterocycles. The maximum atomic E-state index is 11.5. The van der Waals surface area contributed by atoms with E-state index in [0.29, 0.717) is 12.8 Å². The summed E-state index contributed by atoms with van der Waals surface area (Å²) in [6.45, 7) is 5.59. The summed E-state index contributed by atoms with van der Waals surface area (Å²) in [4.78, 5) is 22.3. The minimum absolute atomic E-state index is 0.0393. The lowest BCUT2D eigenvalue weighted by molar-refractivity contribution is -0.133. The van der Waals surface area contributed by atoms with Crippen molar-refractivity contribution >= 4 is 12.1 Å². The molecule has 0 aromatic rings. The zero-order chi connectivity index (χ0) is 11.0. The average Bonchev–Trinajstić information content (AvgIpc) is 2.22. The SMILES string of the molecule is CC/C=C\CCC(C)(C=O)C(=O)CC. The number of hydrogen-bond donors (Lipinski definition) is 0. The Kier molecular flexibility index (Phi) is 6.09. The molecule has 0 aliphatic carbocycles. The second-order valence-electron chi connectivity index (χ2n) is 3.73. The number of carbonyl (C=O) groups excluding carboxylic acids is 2. The molecule has 0 aromatic carbocycles. The van der Waals surface area contributed by atoms with Gasteiger partial charge in [0.2, 0.25) is 0 Å². The molecule has 0 amide bonds. The molecule has 0 fully saturated rings. The Hall–Kier alpha value is -0.920. The molecule has 0 spiro atoms. The van der Waals surface area contributed by atoms with E-state index in [1.807, 2.05) is 6.08 Å². The Morgan fingerprint density at radius 3 is 2.36 bits per heavy atom. The minimum Gasteiger partial charge on any atom is -0.302 e. The van der Waals surface area contributed by atoms with Crippen LogP contribution in [0.1, 0.15) is 46.5 Å².